The van der Waals surface area contributed by atoms with Crippen LogP contribution in [0.4, 0.5) is 0 Å². The highest BCUT2D eigenvalue weighted by molar-refractivity contribution is 7.80. The van der Waals surface area contributed by atoms with Gasteiger partial charge in [0.15, 0.2) is 0 Å². The zero-order valence-corrected chi connectivity index (χ0v) is 11.8. The number of hydrogen-bond donors (Lipinski definition) is 1. The maximum atomic E-state index is 12.4. The minimum Gasteiger partial charge on any atom is -0.393 e. The van der Waals surface area contributed by atoms with Crippen LogP contribution in [-0.4, -0.2) is 28.9 Å². The van der Waals surface area contributed by atoms with E-state index in [0.29, 0.717) is 24.5 Å². The second-order valence-corrected chi connectivity index (χ2v) is 4.64. The fraction of sp³-hybridized carbons (Fsp3) is 0.429. The summed E-state index contributed by atoms with van der Waals surface area (Å²) in [5.41, 5.74) is 7.35. The van der Waals surface area contributed by atoms with Gasteiger partial charge in [0.1, 0.15) is 0 Å². The molecule has 0 unspecified atom stereocenters. The van der Waals surface area contributed by atoms with Crippen molar-refractivity contribution in [3.63, 3.8) is 0 Å². The van der Waals surface area contributed by atoms with Gasteiger partial charge in [0, 0.05) is 25.1 Å². The molecular weight excluding hydrogens is 244 g/mol. The summed E-state index contributed by atoms with van der Waals surface area (Å²) in [4.78, 5) is 14.6. The van der Waals surface area contributed by atoms with Gasteiger partial charge in [-0.3, -0.25) is 4.79 Å². The predicted molar refractivity (Wildman–Crippen MR) is 78.8 cm³/mol. The molecular formula is C14H20N2OS. The van der Waals surface area contributed by atoms with Crippen LogP contribution < -0.4 is 5.73 Å². The number of thiocarbonyl (C=S) groups is 1. The van der Waals surface area contributed by atoms with Gasteiger partial charge < -0.3 is 10.6 Å². The fourth-order valence-electron chi connectivity index (χ4n) is 1.86. The minimum absolute atomic E-state index is 0.0613. The van der Waals surface area contributed by atoms with Gasteiger partial charge in [-0.05, 0) is 25.0 Å². The maximum Gasteiger partial charge on any atom is 0.254 e. The SMILES string of the molecule is CCc1ccccc1C(=O)N(CC)CCC(N)=S. The summed E-state index contributed by atoms with van der Waals surface area (Å²) in [5.74, 6) is 0.0613. The van der Waals surface area contributed by atoms with Crippen LogP contribution >= 0.6 is 12.2 Å². The third kappa shape index (κ3) is 3.81. The molecule has 0 atom stereocenters. The number of nitrogens with two attached hydrogens (primary N) is 1. The summed E-state index contributed by atoms with van der Waals surface area (Å²) in [5, 5.41) is 0. The Morgan fingerprint density at radius 2 is 2.00 bits per heavy atom. The van der Waals surface area contributed by atoms with Crippen molar-refractivity contribution >= 4 is 23.1 Å². The summed E-state index contributed by atoms with van der Waals surface area (Å²) in [6, 6.07) is 7.73. The van der Waals surface area contributed by atoms with Crippen LogP contribution in [-0.2, 0) is 6.42 Å². The van der Waals surface area contributed by atoms with Crippen molar-refractivity contribution in [1.29, 1.82) is 0 Å². The number of amides is 1. The highest BCUT2D eigenvalue weighted by Crippen LogP contribution is 2.12. The van der Waals surface area contributed by atoms with Crippen molar-refractivity contribution < 1.29 is 4.79 Å². The first-order chi connectivity index (χ1) is 8.60. The normalized spacial score (nSPS) is 10.1. The first-order valence-electron chi connectivity index (χ1n) is 6.25. The maximum absolute atomic E-state index is 12.4. The number of benzene rings is 1. The Labute approximate surface area is 114 Å². The number of hydrogen-bond acceptors (Lipinski definition) is 2. The quantitative estimate of drug-likeness (QED) is 0.802. The Bertz CT molecular complexity index is 432. The molecule has 0 saturated carbocycles. The summed E-state index contributed by atoms with van der Waals surface area (Å²) >= 11 is 4.85. The first-order valence-corrected chi connectivity index (χ1v) is 6.66. The molecule has 0 radical (unpaired) electrons. The fourth-order valence-corrected chi connectivity index (χ4v) is 1.95. The van der Waals surface area contributed by atoms with E-state index < -0.39 is 0 Å². The average molecular weight is 264 g/mol. The molecule has 0 bridgehead atoms. The predicted octanol–water partition coefficient (Wildman–Crippen LogP) is 2.39. The summed E-state index contributed by atoms with van der Waals surface area (Å²) in [6.45, 7) is 5.27. The van der Waals surface area contributed by atoms with Gasteiger partial charge in [0.05, 0.1) is 4.99 Å². The van der Waals surface area contributed by atoms with Crippen LogP contribution in [0.2, 0.25) is 0 Å². The standard InChI is InChI=1S/C14H20N2OS/c1-3-11-7-5-6-8-12(11)14(17)16(4-2)10-9-13(15)18/h5-8H,3-4,9-10H2,1-2H3,(H2,15,18). The Hall–Kier alpha value is -1.42. The van der Waals surface area contributed by atoms with E-state index in [1.54, 1.807) is 4.90 Å². The van der Waals surface area contributed by atoms with Crippen molar-refractivity contribution in [2.75, 3.05) is 13.1 Å². The zero-order chi connectivity index (χ0) is 13.5. The lowest BCUT2D eigenvalue weighted by molar-refractivity contribution is 0.0768. The van der Waals surface area contributed by atoms with Crippen molar-refractivity contribution in [3.05, 3.63) is 35.4 Å². The number of rotatable bonds is 6. The van der Waals surface area contributed by atoms with E-state index >= 15 is 0 Å². The number of nitrogens with zero attached hydrogens (tertiary/aromatic N) is 1. The Morgan fingerprint density at radius 1 is 1.33 bits per heavy atom. The van der Waals surface area contributed by atoms with E-state index in [0.717, 1.165) is 17.5 Å². The Kier molecular flexibility index (Phi) is 5.78. The highest BCUT2D eigenvalue weighted by Gasteiger charge is 2.16. The molecule has 0 aliphatic rings. The Morgan fingerprint density at radius 3 is 2.56 bits per heavy atom. The van der Waals surface area contributed by atoms with Gasteiger partial charge in [-0.15, -0.1) is 0 Å². The topological polar surface area (TPSA) is 46.3 Å². The van der Waals surface area contributed by atoms with Crippen LogP contribution in [0.15, 0.2) is 24.3 Å². The second kappa shape index (κ2) is 7.11. The van der Waals surface area contributed by atoms with Crippen LogP contribution in [0.3, 0.4) is 0 Å². The van der Waals surface area contributed by atoms with E-state index in [4.69, 9.17) is 18.0 Å². The van der Waals surface area contributed by atoms with E-state index in [1.165, 1.54) is 0 Å². The Balaban J connectivity index is 2.86. The van der Waals surface area contributed by atoms with E-state index in [9.17, 15) is 4.79 Å². The minimum atomic E-state index is 0.0613. The molecule has 0 fully saturated rings. The molecule has 0 heterocycles. The smallest absolute Gasteiger partial charge is 0.254 e. The molecule has 0 saturated heterocycles. The summed E-state index contributed by atoms with van der Waals surface area (Å²) in [6.07, 6.45) is 1.43. The molecule has 4 heteroatoms. The number of carbonyl (C=O) groups excluding carboxylic acids is 1. The van der Waals surface area contributed by atoms with E-state index in [2.05, 4.69) is 6.92 Å². The molecule has 0 aromatic heterocycles. The van der Waals surface area contributed by atoms with Crippen molar-refractivity contribution in [3.8, 4) is 0 Å². The zero-order valence-electron chi connectivity index (χ0n) is 11.0. The van der Waals surface area contributed by atoms with Gasteiger partial charge in [0.25, 0.3) is 5.91 Å². The lowest BCUT2D eigenvalue weighted by Gasteiger charge is -2.21. The molecule has 18 heavy (non-hydrogen) atoms. The van der Waals surface area contributed by atoms with Gasteiger partial charge in [-0.2, -0.15) is 0 Å². The molecule has 0 spiro atoms. The molecule has 1 aromatic carbocycles. The molecule has 3 nitrogen and oxygen atoms in total. The van der Waals surface area contributed by atoms with Crippen molar-refractivity contribution in [2.45, 2.75) is 26.7 Å². The van der Waals surface area contributed by atoms with Crippen LogP contribution in [0.5, 0.6) is 0 Å². The second-order valence-electron chi connectivity index (χ2n) is 4.11. The lowest BCUT2D eigenvalue weighted by atomic mass is 10.0. The van der Waals surface area contributed by atoms with E-state index in [1.807, 2.05) is 31.2 Å². The molecule has 1 aromatic rings. The summed E-state index contributed by atoms with van der Waals surface area (Å²) in [7, 11) is 0. The van der Waals surface area contributed by atoms with E-state index in [-0.39, 0.29) is 5.91 Å². The van der Waals surface area contributed by atoms with Crippen LogP contribution in [0.25, 0.3) is 0 Å². The largest absolute Gasteiger partial charge is 0.393 e. The van der Waals surface area contributed by atoms with Crippen LogP contribution in [0, 0.1) is 0 Å². The van der Waals surface area contributed by atoms with Gasteiger partial charge in [0.2, 0.25) is 0 Å². The molecule has 1 amide bonds. The van der Waals surface area contributed by atoms with Gasteiger partial charge >= 0.3 is 0 Å². The third-order valence-electron chi connectivity index (χ3n) is 2.93. The third-order valence-corrected chi connectivity index (χ3v) is 3.13. The van der Waals surface area contributed by atoms with Gasteiger partial charge in [-0.25, -0.2) is 0 Å². The first kappa shape index (κ1) is 14.6. The molecule has 0 aliphatic heterocycles. The van der Waals surface area contributed by atoms with Crippen molar-refractivity contribution in [1.82, 2.24) is 4.90 Å². The highest BCUT2D eigenvalue weighted by atomic mass is 32.1. The average Bonchev–Trinajstić information content (AvgIpc) is 2.38. The molecule has 1 rings (SSSR count). The number of carbonyl (C=O) groups is 1. The van der Waals surface area contributed by atoms with Gasteiger partial charge in [-0.1, -0.05) is 37.3 Å². The summed E-state index contributed by atoms with van der Waals surface area (Å²) < 4.78 is 0. The van der Waals surface area contributed by atoms with Crippen LogP contribution in [0.1, 0.15) is 36.2 Å². The molecule has 2 N–H and O–H groups in total. The lowest BCUT2D eigenvalue weighted by Crippen LogP contribution is -2.34. The molecule has 98 valence electrons. The number of aryl methyl sites for hydroxylation is 1. The van der Waals surface area contributed by atoms with Crippen molar-refractivity contribution in [2.24, 2.45) is 5.73 Å². The molecule has 0 aliphatic carbocycles. The monoisotopic (exact) mass is 264 g/mol.